The van der Waals surface area contributed by atoms with Gasteiger partial charge in [-0.25, -0.2) is 0 Å². The van der Waals surface area contributed by atoms with Gasteiger partial charge in [0.25, 0.3) is 0 Å². The summed E-state index contributed by atoms with van der Waals surface area (Å²) in [5, 5.41) is 0. The highest BCUT2D eigenvalue weighted by Crippen LogP contribution is 2.35. The monoisotopic (exact) mass is 176 g/mol. The predicted octanol–water partition coefficient (Wildman–Crippen LogP) is 4.40. The third-order valence-electron chi connectivity index (χ3n) is 2.48. The number of rotatable bonds is 5. The molecule has 0 N–H and O–H groups in total. The molecule has 0 saturated carbocycles. The number of allylic oxidation sites excluding steroid dienone is 6. The first-order valence-electron chi connectivity index (χ1n) is 5.31. The van der Waals surface area contributed by atoms with E-state index < -0.39 is 0 Å². The molecular weight excluding hydrogens is 156 g/mol. The van der Waals surface area contributed by atoms with Gasteiger partial charge in [0.05, 0.1) is 0 Å². The van der Waals surface area contributed by atoms with Gasteiger partial charge in [0.2, 0.25) is 0 Å². The van der Waals surface area contributed by atoms with Crippen molar-refractivity contribution in [3.05, 3.63) is 34.9 Å². The van der Waals surface area contributed by atoms with Crippen LogP contribution in [0.15, 0.2) is 34.9 Å². The van der Waals surface area contributed by atoms with Crippen LogP contribution in [0.25, 0.3) is 0 Å². The highest BCUT2D eigenvalue weighted by atomic mass is 14.2. The minimum Gasteiger partial charge on any atom is -0.0917 e. The average Bonchev–Trinajstić information content (AvgIpc) is 2.85. The van der Waals surface area contributed by atoms with Crippen molar-refractivity contribution in [1.29, 1.82) is 0 Å². The first kappa shape index (κ1) is 10.3. The molecule has 0 aromatic heterocycles. The van der Waals surface area contributed by atoms with E-state index in [1.165, 1.54) is 25.7 Å². The molecule has 0 aromatic rings. The molecule has 0 fully saturated rings. The lowest BCUT2D eigenvalue weighted by Gasteiger charge is -1.97. The molecule has 0 atom stereocenters. The molecule has 1 aliphatic rings. The van der Waals surface area contributed by atoms with Crippen LogP contribution in [-0.4, -0.2) is 0 Å². The Hall–Kier alpha value is -0.780. The van der Waals surface area contributed by atoms with Gasteiger partial charge in [0.1, 0.15) is 0 Å². The standard InChI is InChI=1S/C13H20/c1-4-6-7-9-11(3)13-10-12(13)8-5-2/h4,6,10H,5,7-9H2,1-3H3. The van der Waals surface area contributed by atoms with Crippen LogP contribution in [0.5, 0.6) is 0 Å². The Bertz CT molecular complexity index is 251. The van der Waals surface area contributed by atoms with Crippen molar-refractivity contribution in [3.63, 3.8) is 0 Å². The van der Waals surface area contributed by atoms with Crippen molar-refractivity contribution >= 4 is 0 Å². The lowest BCUT2D eigenvalue weighted by atomic mass is 10.1. The minimum absolute atomic E-state index is 1.19. The maximum Gasteiger partial charge on any atom is -0.0232 e. The molecule has 0 nitrogen and oxygen atoms in total. The second-order valence-electron chi connectivity index (χ2n) is 3.72. The van der Waals surface area contributed by atoms with E-state index in [1.54, 1.807) is 16.7 Å². The summed E-state index contributed by atoms with van der Waals surface area (Å²) in [4.78, 5) is 0. The number of hydrogen-bond acceptors (Lipinski definition) is 0. The molecule has 0 amide bonds. The van der Waals surface area contributed by atoms with Crippen molar-refractivity contribution in [2.24, 2.45) is 0 Å². The fourth-order valence-corrected chi connectivity index (χ4v) is 1.61. The van der Waals surface area contributed by atoms with Crippen molar-refractivity contribution in [3.8, 4) is 0 Å². The summed E-state index contributed by atoms with van der Waals surface area (Å²) in [5.74, 6) is 0. The molecule has 72 valence electrons. The number of hydrogen-bond donors (Lipinski definition) is 0. The molecule has 0 aliphatic heterocycles. The van der Waals surface area contributed by atoms with Crippen molar-refractivity contribution in [2.75, 3.05) is 0 Å². The molecule has 0 saturated heterocycles. The highest BCUT2D eigenvalue weighted by molar-refractivity contribution is 5.59. The van der Waals surface area contributed by atoms with E-state index in [4.69, 9.17) is 0 Å². The van der Waals surface area contributed by atoms with Gasteiger partial charge in [-0.2, -0.15) is 0 Å². The molecule has 0 spiro atoms. The average molecular weight is 176 g/mol. The van der Waals surface area contributed by atoms with Gasteiger partial charge < -0.3 is 0 Å². The van der Waals surface area contributed by atoms with Gasteiger partial charge in [0.15, 0.2) is 0 Å². The van der Waals surface area contributed by atoms with E-state index in [-0.39, 0.29) is 0 Å². The highest BCUT2D eigenvalue weighted by Gasteiger charge is 2.16. The zero-order valence-corrected chi connectivity index (χ0v) is 9.06. The van der Waals surface area contributed by atoms with E-state index in [9.17, 15) is 0 Å². The molecule has 0 radical (unpaired) electrons. The lowest BCUT2D eigenvalue weighted by Crippen LogP contribution is -1.77. The topological polar surface area (TPSA) is 0 Å². The first-order chi connectivity index (χ1) is 6.29. The maximum absolute atomic E-state index is 2.34. The SMILES string of the molecule is CC=CCCC(C)=C1C=C1CCC. The lowest BCUT2D eigenvalue weighted by molar-refractivity contribution is 0.930. The largest absolute Gasteiger partial charge is 0.0917 e. The summed E-state index contributed by atoms with van der Waals surface area (Å²) in [6, 6.07) is 0. The maximum atomic E-state index is 2.34. The van der Waals surface area contributed by atoms with Gasteiger partial charge in [0, 0.05) is 0 Å². The Balaban J connectivity index is 2.29. The Morgan fingerprint density at radius 1 is 1.46 bits per heavy atom. The summed E-state index contributed by atoms with van der Waals surface area (Å²) in [6.07, 6.45) is 11.7. The van der Waals surface area contributed by atoms with Crippen LogP contribution in [0, 0.1) is 0 Å². The molecule has 13 heavy (non-hydrogen) atoms. The van der Waals surface area contributed by atoms with Crippen molar-refractivity contribution in [2.45, 2.75) is 46.5 Å². The summed E-state index contributed by atoms with van der Waals surface area (Å²) in [7, 11) is 0. The Morgan fingerprint density at radius 2 is 2.23 bits per heavy atom. The van der Waals surface area contributed by atoms with E-state index in [0.29, 0.717) is 0 Å². The van der Waals surface area contributed by atoms with Crippen LogP contribution in [-0.2, 0) is 0 Å². The Morgan fingerprint density at radius 3 is 2.85 bits per heavy atom. The van der Waals surface area contributed by atoms with E-state index in [2.05, 4.69) is 39.0 Å². The van der Waals surface area contributed by atoms with Gasteiger partial charge >= 0.3 is 0 Å². The quantitative estimate of drug-likeness (QED) is 0.545. The third kappa shape index (κ3) is 3.22. The zero-order valence-electron chi connectivity index (χ0n) is 9.06. The van der Waals surface area contributed by atoms with Crippen LogP contribution in [0.1, 0.15) is 46.5 Å². The molecule has 0 heterocycles. The van der Waals surface area contributed by atoms with Crippen molar-refractivity contribution in [1.82, 2.24) is 0 Å². The third-order valence-corrected chi connectivity index (χ3v) is 2.48. The van der Waals surface area contributed by atoms with E-state index in [0.717, 1.165) is 0 Å². The first-order valence-corrected chi connectivity index (χ1v) is 5.31. The fourth-order valence-electron chi connectivity index (χ4n) is 1.61. The minimum atomic E-state index is 1.19. The van der Waals surface area contributed by atoms with Gasteiger partial charge in [-0.15, -0.1) is 0 Å². The Labute approximate surface area is 82.0 Å². The van der Waals surface area contributed by atoms with Crippen molar-refractivity contribution < 1.29 is 0 Å². The summed E-state index contributed by atoms with van der Waals surface area (Å²) >= 11 is 0. The molecule has 0 heteroatoms. The molecule has 0 bridgehead atoms. The summed E-state index contributed by atoms with van der Waals surface area (Å²) in [6.45, 7) is 6.59. The van der Waals surface area contributed by atoms with E-state index >= 15 is 0 Å². The van der Waals surface area contributed by atoms with Crippen LogP contribution in [0.4, 0.5) is 0 Å². The van der Waals surface area contributed by atoms with Crippen LogP contribution >= 0.6 is 0 Å². The van der Waals surface area contributed by atoms with Gasteiger partial charge in [-0.1, -0.05) is 37.1 Å². The molecular formula is C13H20. The van der Waals surface area contributed by atoms with Gasteiger partial charge in [-0.05, 0) is 44.3 Å². The normalized spacial score (nSPS) is 19.2. The molecule has 1 rings (SSSR count). The van der Waals surface area contributed by atoms with Crippen LogP contribution in [0.2, 0.25) is 0 Å². The van der Waals surface area contributed by atoms with Crippen LogP contribution in [0.3, 0.4) is 0 Å². The second kappa shape index (κ2) is 5.06. The van der Waals surface area contributed by atoms with Crippen LogP contribution < -0.4 is 0 Å². The molecule has 0 unspecified atom stereocenters. The molecule has 1 aliphatic carbocycles. The fraction of sp³-hybridized carbons (Fsp3) is 0.538. The predicted molar refractivity (Wildman–Crippen MR) is 59.7 cm³/mol. The summed E-state index contributed by atoms with van der Waals surface area (Å²) in [5.41, 5.74) is 4.73. The van der Waals surface area contributed by atoms with Gasteiger partial charge in [-0.3, -0.25) is 0 Å². The second-order valence-corrected chi connectivity index (χ2v) is 3.72. The Kier molecular flexibility index (Phi) is 4.01. The smallest absolute Gasteiger partial charge is 0.0232 e. The molecule has 0 aromatic carbocycles. The summed E-state index contributed by atoms with van der Waals surface area (Å²) < 4.78 is 0. The zero-order chi connectivity index (χ0) is 9.68. The van der Waals surface area contributed by atoms with E-state index in [1.807, 2.05) is 0 Å².